The van der Waals surface area contributed by atoms with Crippen LogP contribution in [0.1, 0.15) is 18.5 Å². The van der Waals surface area contributed by atoms with Gasteiger partial charge >= 0.3 is 0 Å². The van der Waals surface area contributed by atoms with Gasteiger partial charge in [0.1, 0.15) is 0 Å². The molecule has 2 N–H and O–H groups in total. The molecule has 1 saturated heterocycles. The highest BCUT2D eigenvalue weighted by Gasteiger charge is 2.16. The number of morpholine rings is 1. The molecule has 0 radical (unpaired) electrons. The molecule has 0 aromatic heterocycles. The third-order valence-electron chi connectivity index (χ3n) is 2.61. The van der Waals surface area contributed by atoms with Gasteiger partial charge in [0.2, 0.25) is 0 Å². The molecule has 0 saturated carbocycles. The van der Waals surface area contributed by atoms with E-state index in [1.807, 2.05) is 19.1 Å². The van der Waals surface area contributed by atoms with Crippen LogP contribution in [0.3, 0.4) is 0 Å². The summed E-state index contributed by atoms with van der Waals surface area (Å²) >= 11 is 0. The van der Waals surface area contributed by atoms with Crippen molar-refractivity contribution in [1.29, 1.82) is 0 Å². The number of nitrogens with one attached hydrogen (secondary N) is 1. The maximum atomic E-state index is 9.59. The lowest BCUT2D eigenvalue weighted by Gasteiger charge is -2.24. The van der Waals surface area contributed by atoms with Crippen LogP contribution in [0.15, 0.2) is 18.2 Å². The van der Waals surface area contributed by atoms with E-state index in [9.17, 15) is 5.11 Å². The SMILES string of the molecule is CCOc1cc([C@@H]2COCCN2)ccc1O. The highest BCUT2D eigenvalue weighted by molar-refractivity contribution is 5.42. The minimum absolute atomic E-state index is 0.183. The molecule has 0 bridgehead atoms. The van der Waals surface area contributed by atoms with Crippen molar-refractivity contribution in [2.45, 2.75) is 13.0 Å². The van der Waals surface area contributed by atoms with E-state index < -0.39 is 0 Å². The molecule has 0 spiro atoms. The van der Waals surface area contributed by atoms with Crippen LogP contribution in [0.5, 0.6) is 11.5 Å². The first-order chi connectivity index (χ1) is 7.81. The second-order valence-corrected chi connectivity index (χ2v) is 3.74. The Morgan fingerprint density at radius 2 is 2.44 bits per heavy atom. The normalized spacial score (nSPS) is 20.7. The van der Waals surface area contributed by atoms with Gasteiger partial charge in [-0.2, -0.15) is 0 Å². The summed E-state index contributed by atoms with van der Waals surface area (Å²) in [4.78, 5) is 0. The largest absolute Gasteiger partial charge is 0.504 e. The molecule has 1 aromatic carbocycles. The Morgan fingerprint density at radius 3 is 3.12 bits per heavy atom. The van der Waals surface area contributed by atoms with Gasteiger partial charge in [0.25, 0.3) is 0 Å². The molecule has 0 unspecified atom stereocenters. The standard InChI is InChI=1S/C12H17NO3/c1-2-16-12-7-9(3-4-11(12)14)10-8-15-6-5-13-10/h3-4,7,10,13-14H,2,5-6,8H2,1H3/t10-/m0/s1. The molecule has 16 heavy (non-hydrogen) atoms. The molecule has 88 valence electrons. The van der Waals surface area contributed by atoms with E-state index in [1.54, 1.807) is 6.07 Å². The van der Waals surface area contributed by atoms with Gasteiger partial charge < -0.3 is 19.9 Å². The Hall–Kier alpha value is -1.26. The zero-order chi connectivity index (χ0) is 11.4. The van der Waals surface area contributed by atoms with Crippen molar-refractivity contribution in [3.63, 3.8) is 0 Å². The van der Waals surface area contributed by atoms with E-state index in [2.05, 4.69) is 5.32 Å². The lowest BCUT2D eigenvalue weighted by Crippen LogP contribution is -2.34. The predicted molar refractivity (Wildman–Crippen MR) is 60.8 cm³/mol. The second kappa shape index (κ2) is 5.18. The van der Waals surface area contributed by atoms with Crippen molar-refractivity contribution < 1.29 is 14.6 Å². The lowest BCUT2D eigenvalue weighted by molar-refractivity contribution is 0.0768. The van der Waals surface area contributed by atoms with Crippen LogP contribution in [0.4, 0.5) is 0 Å². The van der Waals surface area contributed by atoms with Crippen molar-refractivity contribution in [2.75, 3.05) is 26.4 Å². The highest BCUT2D eigenvalue weighted by atomic mass is 16.5. The summed E-state index contributed by atoms with van der Waals surface area (Å²) in [7, 11) is 0. The van der Waals surface area contributed by atoms with Crippen LogP contribution >= 0.6 is 0 Å². The first-order valence-corrected chi connectivity index (χ1v) is 5.58. The first-order valence-electron chi connectivity index (χ1n) is 5.58. The number of ether oxygens (including phenoxy) is 2. The van der Waals surface area contributed by atoms with Gasteiger partial charge in [-0.25, -0.2) is 0 Å². The number of phenolic OH excluding ortho intramolecular Hbond substituents is 1. The molecule has 1 aliphatic rings. The fraction of sp³-hybridized carbons (Fsp3) is 0.500. The molecule has 4 heteroatoms. The topological polar surface area (TPSA) is 50.7 Å². The number of aromatic hydroxyl groups is 1. The summed E-state index contributed by atoms with van der Waals surface area (Å²) in [5.41, 5.74) is 1.08. The average molecular weight is 223 g/mol. The van der Waals surface area contributed by atoms with E-state index in [1.165, 1.54) is 0 Å². The molecule has 1 aliphatic heterocycles. The number of rotatable bonds is 3. The summed E-state index contributed by atoms with van der Waals surface area (Å²) < 4.78 is 10.8. The Labute approximate surface area is 95.2 Å². The molecular weight excluding hydrogens is 206 g/mol. The zero-order valence-electron chi connectivity index (χ0n) is 9.40. The summed E-state index contributed by atoms with van der Waals surface area (Å²) in [6.07, 6.45) is 0. The summed E-state index contributed by atoms with van der Waals surface area (Å²) in [5.74, 6) is 0.717. The molecule has 1 fully saturated rings. The van der Waals surface area contributed by atoms with Crippen molar-refractivity contribution in [3.8, 4) is 11.5 Å². The van der Waals surface area contributed by atoms with Crippen LogP contribution in [0.2, 0.25) is 0 Å². The zero-order valence-corrected chi connectivity index (χ0v) is 9.40. The number of hydrogen-bond acceptors (Lipinski definition) is 4. The van der Waals surface area contributed by atoms with Crippen molar-refractivity contribution in [3.05, 3.63) is 23.8 Å². The van der Waals surface area contributed by atoms with Crippen molar-refractivity contribution >= 4 is 0 Å². The molecular formula is C12H17NO3. The van der Waals surface area contributed by atoms with Gasteiger partial charge in [0.05, 0.1) is 25.9 Å². The maximum absolute atomic E-state index is 9.59. The van der Waals surface area contributed by atoms with Gasteiger partial charge in [0.15, 0.2) is 11.5 Å². The summed E-state index contributed by atoms with van der Waals surface area (Å²) in [6.45, 7) is 4.72. The van der Waals surface area contributed by atoms with Gasteiger partial charge in [0, 0.05) is 6.54 Å². The van der Waals surface area contributed by atoms with Gasteiger partial charge in [-0.15, -0.1) is 0 Å². The molecule has 4 nitrogen and oxygen atoms in total. The van der Waals surface area contributed by atoms with E-state index in [0.29, 0.717) is 19.0 Å². The summed E-state index contributed by atoms with van der Waals surface area (Å²) in [5, 5.41) is 12.9. The Kier molecular flexibility index (Phi) is 3.64. The van der Waals surface area contributed by atoms with Crippen molar-refractivity contribution in [2.24, 2.45) is 0 Å². The van der Waals surface area contributed by atoms with Crippen LogP contribution < -0.4 is 10.1 Å². The number of hydrogen-bond donors (Lipinski definition) is 2. The summed E-state index contributed by atoms with van der Waals surface area (Å²) in [6, 6.07) is 5.61. The lowest BCUT2D eigenvalue weighted by atomic mass is 10.1. The monoisotopic (exact) mass is 223 g/mol. The van der Waals surface area contributed by atoms with Crippen molar-refractivity contribution in [1.82, 2.24) is 5.32 Å². The van der Waals surface area contributed by atoms with Crippen LogP contribution in [-0.2, 0) is 4.74 Å². The van der Waals surface area contributed by atoms with E-state index >= 15 is 0 Å². The molecule has 1 heterocycles. The number of phenols is 1. The van der Waals surface area contributed by atoms with Gasteiger partial charge in [-0.1, -0.05) is 6.07 Å². The molecule has 1 atom stereocenters. The molecule has 1 aromatic rings. The van der Waals surface area contributed by atoms with Gasteiger partial charge in [-0.05, 0) is 24.6 Å². The Bertz CT molecular complexity index is 348. The Morgan fingerprint density at radius 1 is 1.56 bits per heavy atom. The molecule has 2 rings (SSSR count). The van der Waals surface area contributed by atoms with Crippen LogP contribution in [-0.4, -0.2) is 31.5 Å². The second-order valence-electron chi connectivity index (χ2n) is 3.74. The quantitative estimate of drug-likeness (QED) is 0.814. The smallest absolute Gasteiger partial charge is 0.161 e. The number of benzene rings is 1. The maximum Gasteiger partial charge on any atom is 0.161 e. The van der Waals surface area contributed by atoms with E-state index in [0.717, 1.165) is 18.7 Å². The van der Waals surface area contributed by atoms with Crippen LogP contribution in [0, 0.1) is 0 Å². The minimum atomic E-state index is 0.183. The predicted octanol–water partition coefficient (Wildman–Crippen LogP) is 1.45. The molecule has 0 aliphatic carbocycles. The van der Waals surface area contributed by atoms with E-state index in [4.69, 9.17) is 9.47 Å². The highest BCUT2D eigenvalue weighted by Crippen LogP contribution is 2.29. The van der Waals surface area contributed by atoms with E-state index in [-0.39, 0.29) is 11.8 Å². The Balaban J connectivity index is 2.17. The third-order valence-corrected chi connectivity index (χ3v) is 2.61. The minimum Gasteiger partial charge on any atom is -0.504 e. The molecule has 0 amide bonds. The average Bonchev–Trinajstić information content (AvgIpc) is 2.33. The fourth-order valence-corrected chi connectivity index (χ4v) is 1.80. The fourth-order valence-electron chi connectivity index (χ4n) is 1.80. The first kappa shape index (κ1) is 11.2. The third kappa shape index (κ3) is 2.46. The van der Waals surface area contributed by atoms with Gasteiger partial charge in [-0.3, -0.25) is 0 Å². The van der Waals surface area contributed by atoms with Crippen LogP contribution in [0.25, 0.3) is 0 Å².